The third-order valence-corrected chi connectivity index (χ3v) is 1.94. The van der Waals surface area contributed by atoms with Crippen LogP contribution in [0.25, 0.3) is 0 Å². The van der Waals surface area contributed by atoms with E-state index in [1.54, 1.807) is 20.8 Å². The Kier molecular flexibility index (Phi) is 3.38. The average molecular weight is 228 g/mol. The summed E-state index contributed by atoms with van der Waals surface area (Å²) in [5.74, 6) is 0. The minimum atomic E-state index is -1.67. The highest BCUT2D eigenvalue weighted by Crippen LogP contribution is 2.20. The molecule has 0 unspecified atom stereocenters. The summed E-state index contributed by atoms with van der Waals surface area (Å²) in [6.45, 7) is 5.15. The van der Waals surface area contributed by atoms with E-state index in [9.17, 15) is 9.18 Å². The molecule has 0 aromatic heterocycles. The Morgan fingerprint density at radius 2 is 1.94 bits per heavy atom. The fourth-order valence-corrected chi connectivity index (χ4v) is 1.09. The standard InChI is InChI=1S/C11H17FN2O2/c1-10(2,3)16-9(15)14-6-4-11(12,8-13)5-7-14/h4-7H,8,13H2,1-3H3. The van der Waals surface area contributed by atoms with Crippen LogP contribution < -0.4 is 5.73 Å². The van der Waals surface area contributed by atoms with E-state index in [1.165, 1.54) is 29.5 Å². The van der Waals surface area contributed by atoms with Gasteiger partial charge in [-0.3, -0.25) is 4.90 Å². The summed E-state index contributed by atoms with van der Waals surface area (Å²) in [6.07, 6.45) is 4.56. The highest BCUT2D eigenvalue weighted by molar-refractivity contribution is 5.71. The Hall–Kier alpha value is -1.36. The second kappa shape index (κ2) is 4.25. The lowest BCUT2D eigenvalue weighted by molar-refractivity contribution is 0.0393. The van der Waals surface area contributed by atoms with Gasteiger partial charge in [0.15, 0.2) is 5.67 Å². The van der Waals surface area contributed by atoms with Gasteiger partial charge in [-0.15, -0.1) is 0 Å². The topological polar surface area (TPSA) is 55.6 Å². The van der Waals surface area contributed by atoms with E-state index in [2.05, 4.69) is 0 Å². The van der Waals surface area contributed by atoms with Crippen LogP contribution in [0.3, 0.4) is 0 Å². The molecule has 16 heavy (non-hydrogen) atoms. The van der Waals surface area contributed by atoms with E-state index < -0.39 is 17.4 Å². The van der Waals surface area contributed by atoms with Gasteiger partial charge in [-0.1, -0.05) is 0 Å². The molecule has 5 heteroatoms. The minimum Gasteiger partial charge on any atom is -0.443 e. The summed E-state index contributed by atoms with van der Waals surface area (Å²) < 4.78 is 18.7. The third-order valence-electron chi connectivity index (χ3n) is 1.94. The van der Waals surface area contributed by atoms with E-state index in [4.69, 9.17) is 10.5 Å². The highest BCUT2D eigenvalue weighted by atomic mass is 19.1. The first-order valence-corrected chi connectivity index (χ1v) is 5.05. The lowest BCUT2D eigenvalue weighted by Crippen LogP contribution is -2.36. The Morgan fingerprint density at radius 3 is 2.31 bits per heavy atom. The monoisotopic (exact) mass is 228 g/mol. The number of hydrogen-bond donors (Lipinski definition) is 1. The van der Waals surface area contributed by atoms with Crippen LogP contribution in [0.5, 0.6) is 0 Å². The Morgan fingerprint density at radius 1 is 1.44 bits per heavy atom. The number of alkyl halides is 1. The number of ether oxygens (including phenoxy) is 1. The quantitative estimate of drug-likeness (QED) is 0.746. The van der Waals surface area contributed by atoms with Gasteiger partial charge >= 0.3 is 6.09 Å². The molecule has 1 heterocycles. The Balaban J connectivity index is 2.64. The van der Waals surface area contributed by atoms with E-state index in [0.717, 1.165) is 0 Å². The van der Waals surface area contributed by atoms with Crippen LogP contribution in [0, 0.1) is 0 Å². The van der Waals surface area contributed by atoms with Crippen LogP contribution in [0.1, 0.15) is 20.8 Å². The van der Waals surface area contributed by atoms with Gasteiger partial charge in [-0.25, -0.2) is 9.18 Å². The van der Waals surface area contributed by atoms with Gasteiger partial charge < -0.3 is 10.5 Å². The molecule has 4 nitrogen and oxygen atoms in total. The molecule has 1 rings (SSSR count). The normalized spacial score (nSPS) is 18.7. The van der Waals surface area contributed by atoms with Crippen LogP contribution in [-0.4, -0.2) is 28.8 Å². The zero-order valence-electron chi connectivity index (χ0n) is 9.74. The number of halogens is 1. The predicted octanol–water partition coefficient (Wildman–Crippen LogP) is 1.93. The molecule has 1 amide bonds. The molecule has 0 saturated carbocycles. The molecular weight excluding hydrogens is 211 g/mol. The molecule has 0 atom stereocenters. The summed E-state index contributed by atoms with van der Waals surface area (Å²) in [5.41, 5.74) is 3.01. The summed E-state index contributed by atoms with van der Waals surface area (Å²) in [7, 11) is 0. The second-order valence-corrected chi connectivity index (χ2v) is 4.65. The van der Waals surface area contributed by atoms with Crippen LogP contribution in [0.4, 0.5) is 9.18 Å². The largest absolute Gasteiger partial charge is 0.443 e. The number of carbonyl (C=O) groups is 1. The van der Waals surface area contributed by atoms with Crippen molar-refractivity contribution < 1.29 is 13.9 Å². The van der Waals surface area contributed by atoms with E-state index in [1.807, 2.05) is 0 Å². The SMILES string of the molecule is CC(C)(C)OC(=O)N1C=CC(F)(CN)C=C1. The summed E-state index contributed by atoms with van der Waals surface area (Å²) in [5, 5.41) is 0. The van der Waals surface area contributed by atoms with Crippen LogP contribution in [0.15, 0.2) is 24.6 Å². The van der Waals surface area contributed by atoms with Gasteiger partial charge in [-0.05, 0) is 32.9 Å². The van der Waals surface area contributed by atoms with Crippen molar-refractivity contribution in [1.82, 2.24) is 4.90 Å². The number of nitrogens with zero attached hydrogens (tertiary/aromatic N) is 1. The molecule has 0 spiro atoms. The molecule has 0 radical (unpaired) electrons. The zero-order valence-corrected chi connectivity index (χ0v) is 9.74. The van der Waals surface area contributed by atoms with Crippen molar-refractivity contribution in [2.75, 3.05) is 6.54 Å². The van der Waals surface area contributed by atoms with Gasteiger partial charge in [0.05, 0.1) is 0 Å². The van der Waals surface area contributed by atoms with Crippen molar-refractivity contribution in [3.8, 4) is 0 Å². The molecule has 0 saturated heterocycles. The molecule has 1 aliphatic heterocycles. The van der Waals surface area contributed by atoms with Gasteiger partial charge in [0, 0.05) is 18.9 Å². The number of rotatable bonds is 1. The molecule has 0 aliphatic carbocycles. The fraction of sp³-hybridized carbons (Fsp3) is 0.545. The van der Waals surface area contributed by atoms with Crippen LogP contribution in [0.2, 0.25) is 0 Å². The van der Waals surface area contributed by atoms with Gasteiger partial charge in [0.2, 0.25) is 0 Å². The van der Waals surface area contributed by atoms with Gasteiger partial charge in [-0.2, -0.15) is 0 Å². The van der Waals surface area contributed by atoms with Crippen molar-refractivity contribution in [2.24, 2.45) is 5.73 Å². The van der Waals surface area contributed by atoms with Crippen LogP contribution >= 0.6 is 0 Å². The first-order valence-electron chi connectivity index (χ1n) is 5.05. The lowest BCUT2D eigenvalue weighted by Gasteiger charge is -2.26. The van der Waals surface area contributed by atoms with Crippen molar-refractivity contribution in [1.29, 1.82) is 0 Å². The van der Waals surface area contributed by atoms with Crippen molar-refractivity contribution >= 4 is 6.09 Å². The maximum absolute atomic E-state index is 13.6. The van der Waals surface area contributed by atoms with Crippen molar-refractivity contribution in [2.45, 2.75) is 32.0 Å². The predicted molar refractivity (Wildman–Crippen MR) is 59.2 cm³/mol. The Labute approximate surface area is 94.5 Å². The molecule has 2 N–H and O–H groups in total. The lowest BCUT2D eigenvalue weighted by atomic mass is 10.1. The number of hydrogen-bond acceptors (Lipinski definition) is 3. The molecule has 0 aromatic rings. The summed E-state index contributed by atoms with van der Waals surface area (Å²) >= 11 is 0. The zero-order chi connectivity index (χ0) is 12.4. The highest BCUT2D eigenvalue weighted by Gasteiger charge is 2.27. The minimum absolute atomic E-state index is 0.151. The first kappa shape index (κ1) is 12.7. The summed E-state index contributed by atoms with van der Waals surface area (Å²) in [6, 6.07) is 0. The van der Waals surface area contributed by atoms with Crippen molar-refractivity contribution in [3.63, 3.8) is 0 Å². The first-order chi connectivity index (χ1) is 7.26. The van der Waals surface area contributed by atoms with E-state index >= 15 is 0 Å². The molecule has 1 aliphatic rings. The number of nitrogens with two attached hydrogens (primary N) is 1. The van der Waals surface area contributed by atoms with E-state index in [0.29, 0.717) is 0 Å². The number of carbonyl (C=O) groups excluding carboxylic acids is 1. The average Bonchev–Trinajstić information content (AvgIpc) is 2.16. The maximum atomic E-state index is 13.6. The van der Waals surface area contributed by atoms with E-state index in [-0.39, 0.29) is 6.54 Å². The maximum Gasteiger partial charge on any atom is 0.418 e. The number of amides is 1. The molecule has 0 aromatic carbocycles. The molecule has 0 bridgehead atoms. The molecule has 0 fully saturated rings. The molecular formula is C11H17FN2O2. The smallest absolute Gasteiger partial charge is 0.418 e. The summed E-state index contributed by atoms with van der Waals surface area (Å²) in [4.78, 5) is 12.7. The molecule has 90 valence electrons. The second-order valence-electron chi connectivity index (χ2n) is 4.65. The third kappa shape index (κ3) is 3.34. The van der Waals surface area contributed by atoms with Gasteiger partial charge in [0.25, 0.3) is 0 Å². The fourth-order valence-electron chi connectivity index (χ4n) is 1.09. The van der Waals surface area contributed by atoms with Crippen LogP contribution in [-0.2, 0) is 4.74 Å². The van der Waals surface area contributed by atoms with Gasteiger partial charge in [0.1, 0.15) is 5.60 Å². The van der Waals surface area contributed by atoms with Crippen molar-refractivity contribution in [3.05, 3.63) is 24.6 Å². The Bertz CT molecular complexity index is 317.